The Bertz CT molecular complexity index is 666. The summed E-state index contributed by atoms with van der Waals surface area (Å²) in [4.78, 5) is 36.8. The lowest BCUT2D eigenvalue weighted by atomic mass is 9.76. The molecular formula is C16H15Cl2NO3. The lowest BCUT2D eigenvalue weighted by molar-refractivity contribution is -0.127. The fourth-order valence-corrected chi connectivity index (χ4v) is 4.14. The largest absolute Gasteiger partial charge is 0.343 e. The van der Waals surface area contributed by atoms with Crippen LogP contribution in [0.25, 0.3) is 0 Å². The van der Waals surface area contributed by atoms with Gasteiger partial charge in [-0.05, 0) is 43.0 Å². The van der Waals surface area contributed by atoms with Gasteiger partial charge in [0.05, 0.1) is 0 Å². The summed E-state index contributed by atoms with van der Waals surface area (Å²) < 4.78 is 0. The standard InChI is InChI=1S/C16H15Cl2NO3/c1-8-6-9(17)7-11(18)12(8)13-14(21)16(19-15(13)22)4-2-10(20)3-5-16/h6-7,13H,2-5H2,1H3,(H,19,22). The van der Waals surface area contributed by atoms with Crippen LogP contribution >= 0.6 is 23.2 Å². The molecule has 1 saturated heterocycles. The second-order valence-electron chi connectivity index (χ2n) is 6.03. The molecule has 1 spiro atoms. The number of hydrogen-bond donors (Lipinski definition) is 1. The van der Waals surface area contributed by atoms with Crippen LogP contribution in [0.2, 0.25) is 10.0 Å². The summed E-state index contributed by atoms with van der Waals surface area (Å²) in [5.41, 5.74) is 0.322. The predicted octanol–water partition coefficient (Wildman–Crippen LogP) is 2.97. The summed E-state index contributed by atoms with van der Waals surface area (Å²) in [7, 11) is 0. The number of Topliss-reactive ketones (excluding diaryl/α,β-unsaturated/α-hetero) is 2. The Morgan fingerprint density at radius 2 is 1.77 bits per heavy atom. The Balaban J connectivity index is 2.01. The first-order chi connectivity index (χ1) is 10.3. The second kappa shape index (κ2) is 5.36. The van der Waals surface area contributed by atoms with Crippen molar-refractivity contribution in [3.05, 3.63) is 33.3 Å². The fourth-order valence-electron chi connectivity index (χ4n) is 3.43. The summed E-state index contributed by atoms with van der Waals surface area (Å²) in [6, 6.07) is 3.24. The Labute approximate surface area is 138 Å². The van der Waals surface area contributed by atoms with E-state index in [-0.39, 0.29) is 17.5 Å². The number of rotatable bonds is 1. The number of benzene rings is 1. The molecule has 1 aromatic rings. The number of halogens is 2. The van der Waals surface area contributed by atoms with Crippen LogP contribution in [-0.2, 0) is 14.4 Å². The van der Waals surface area contributed by atoms with Crippen LogP contribution in [-0.4, -0.2) is 23.0 Å². The number of amides is 1. The first-order valence-electron chi connectivity index (χ1n) is 7.18. The summed E-state index contributed by atoms with van der Waals surface area (Å²) in [5.74, 6) is -1.31. The number of ketones is 2. The normalized spacial score (nSPS) is 24.0. The number of aryl methyl sites for hydroxylation is 1. The molecule has 1 amide bonds. The van der Waals surface area contributed by atoms with E-state index in [4.69, 9.17) is 23.2 Å². The van der Waals surface area contributed by atoms with Crippen molar-refractivity contribution < 1.29 is 14.4 Å². The molecule has 4 nitrogen and oxygen atoms in total. The van der Waals surface area contributed by atoms with E-state index in [0.717, 1.165) is 5.56 Å². The third-order valence-electron chi connectivity index (χ3n) is 4.61. The van der Waals surface area contributed by atoms with Crippen LogP contribution in [0.3, 0.4) is 0 Å². The van der Waals surface area contributed by atoms with Crippen LogP contribution in [0.5, 0.6) is 0 Å². The molecule has 1 unspecified atom stereocenters. The van der Waals surface area contributed by atoms with E-state index in [1.54, 1.807) is 19.1 Å². The summed E-state index contributed by atoms with van der Waals surface area (Å²) >= 11 is 12.2. The Morgan fingerprint density at radius 1 is 1.14 bits per heavy atom. The maximum atomic E-state index is 12.9. The van der Waals surface area contributed by atoms with Gasteiger partial charge in [-0.25, -0.2) is 0 Å². The third kappa shape index (κ3) is 2.34. The number of hydrogen-bond acceptors (Lipinski definition) is 3. The van der Waals surface area contributed by atoms with Gasteiger partial charge in [-0.2, -0.15) is 0 Å². The van der Waals surface area contributed by atoms with Gasteiger partial charge in [0.2, 0.25) is 5.91 Å². The molecule has 2 fully saturated rings. The smallest absolute Gasteiger partial charge is 0.236 e. The minimum absolute atomic E-state index is 0.136. The minimum Gasteiger partial charge on any atom is -0.343 e. The van der Waals surface area contributed by atoms with E-state index >= 15 is 0 Å². The van der Waals surface area contributed by atoms with E-state index in [1.165, 1.54) is 0 Å². The van der Waals surface area contributed by atoms with Gasteiger partial charge in [-0.3, -0.25) is 14.4 Å². The van der Waals surface area contributed by atoms with Crippen molar-refractivity contribution in [1.82, 2.24) is 5.32 Å². The van der Waals surface area contributed by atoms with E-state index in [0.29, 0.717) is 41.3 Å². The highest BCUT2D eigenvalue weighted by atomic mass is 35.5. The number of carbonyl (C=O) groups excluding carboxylic acids is 3. The Kier molecular flexibility index (Phi) is 3.77. The summed E-state index contributed by atoms with van der Waals surface area (Å²) in [6.07, 6.45) is 1.40. The molecule has 3 rings (SSSR count). The van der Waals surface area contributed by atoms with Gasteiger partial charge >= 0.3 is 0 Å². The molecule has 6 heteroatoms. The predicted molar refractivity (Wildman–Crippen MR) is 83.3 cm³/mol. The third-order valence-corrected chi connectivity index (χ3v) is 5.14. The lowest BCUT2D eigenvalue weighted by Crippen LogP contribution is -2.49. The van der Waals surface area contributed by atoms with E-state index < -0.39 is 11.5 Å². The van der Waals surface area contributed by atoms with Crippen molar-refractivity contribution in [2.45, 2.75) is 44.1 Å². The van der Waals surface area contributed by atoms with Gasteiger partial charge in [-0.15, -0.1) is 0 Å². The maximum Gasteiger partial charge on any atom is 0.236 e. The van der Waals surface area contributed by atoms with Crippen LogP contribution in [0.1, 0.15) is 42.7 Å². The van der Waals surface area contributed by atoms with Crippen molar-refractivity contribution in [3.63, 3.8) is 0 Å². The molecule has 1 atom stereocenters. The summed E-state index contributed by atoms with van der Waals surface area (Å²) in [6.45, 7) is 1.78. The van der Waals surface area contributed by atoms with Crippen molar-refractivity contribution in [2.75, 3.05) is 0 Å². The van der Waals surface area contributed by atoms with Gasteiger partial charge in [-0.1, -0.05) is 23.2 Å². The fraction of sp³-hybridized carbons (Fsp3) is 0.438. The average molecular weight is 340 g/mol. The maximum absolute atomic E-state index is 12.9. The molecule has 1 aliphatic carbocycles. The zero-order valence-electron chi connectivity index (χ0n) is 12.0. The van der Waals surface area contributed by atoms with Crippen molar-refractivity contribution in [3.8, 4) is 0 Å². The van der Waals surface area contributed by atoms with Crippen LogP contribution < -0.4 is 5.32 Å². The number of nitrogens with one attached hydrogen (secondary N) is 1. The van der Waals surface area contributed by atoms with Crippen LogP contribution in [0.4, 0.5) is 0 Å². The molecule has 0 aromatic heterocycles. The topological polar surface area (TPSA) is 63.2 Å². The highest BCUT2D eigenvalue weighted by Crippen LogP contribution is 2.41. The van der Waals surface area contributed by atoms with Gasteiger partial charge in [0.25, 0.3) is 0 Å². The molecule has 1 saturated carbocycles. The second-order valence-corrected chi connectivity index (χ2v) is 6.87. The Hall–Kier alpha value is -1.39. The molecule has 1 N–H and O–H groups in total. The lowest BCUT2D eigenvalue weighted by Gasteiger charge is -2.31. The van der Waals surface area contributed by atoms with Gasteiger partial charge in [0.1, 0.15) is 17.2 Å². The molecular weight excluding hydrogens is 325 g/mol. The average Bonchev–Trinajstić information content (AvgIpc) is 2.66. The van der Waals surface area contributed by atoms with Crippen LogP contribution in [0.15, 0.2) is 12.1 Å². The van der Waals surface area contributed by atoms with Crippen molar-refractivity contribution >= 4 is 40.7 Å². The highest BCUT2D eigenvalue weighted by Gasteiger charge is 2.54. The molecule has 116 valence electrons. The van der Waals surface area contributed by atoms with Gasteiger partial charge < -0.3 is 5.32 Å². The molecule has 1 heterocycles. The van der Waals surface area contributed by atoms with E-state index in [2.05, 4.69) is 5.32 Å². The molecule has 2 aliphatic rings. The van der Waals surface area contributed by atoms with Gasteiger partial charge in [0.15, 0.2) is 5.78 Å². The van der Waals surface area contributed by atoms with Gasteiger partial charge in [0, 0.05) is 22.9 Å². The van der Waals surface area contributed by atoms with E-state index in [9.17, 15) is 14.4 Å². The number of carbonyl (C=O) groups is 3. The van der Waals surface area contributed by atoms with Crippen LogP contribution in [0, 0.1) is 6.92 Å². The molecule has 0 bridgehead atoms. The molecule has 0 radical (unpaired) electrons. The SMILES string of the molecule is Cc1cc(Cl)cc(Cl)c1C1C(=O)NC2(CCC(=O)CC2)C1=O. The zero-order chi connectivity index (χ0) is 16.1. The molecule has 1 aromatic carbocycles. The van der Waals surface area contributed by atoms with E-state index in [1.807, 2.05) is 0 Å². The van der Waals surface area contributed by atoms with Crippen molar-refractivity contribution in [1.29, 1.82) is 0 Å². The van der Waals surface area contributed by atoms with Crippen molar-refractivity contribution in [2.24, 2.45) is 0 Å². The summed E-state index contributed by atoms with van der Waals surface area (Å²) in [5, 5.41) is 3.61. The molecule has 1 aliphatic heterocycles. The first kappa shape index (κ1) is 15.5. The zero-order valence-corrected chi connectivity index (χ0v) is 13.6. The molecule has 22 heavy (non-hydrogen) atoms. The minimum atomic E-state index is -0.919. The quantitative estimate of drug-likeness (QED) is 0.800. The first-order valence-corrected chi connectivity index (χ1v) is 7.93. The Morgan fingerprint density at radius 3 is 2.36 bits per heavy atom. The highest BCUT2D eigenvalue weighted by molar-refractivity contribution is 6.36. The monoisotopic (exact) mass is 339 g/mol.